The Labute approximate surface area is 170 Å². The van der Waals surface area contributed by atoms with Crippen LogP contribution in [-0.4, -0.2) is 56.1 Å². The molecule has 0 unspecified atom stereocenters. The van der Waals surface area contributed by atoms with Gasteiger partial charge in [0, 0.05) is 32.1 Å². The third-order valence-corrected chi connectivity index (χ3v) is 7.62. The lowest BCUT2D eigenvalue weighted by Crippen LogP contribution is -2.41. The molecule has 2 saturated heterocycles. The van der Waals surface area contributed by atoms with E-state index in [1.165, 1.54) is 11.9 Å². The smallest absolute Gasteiger partial charge is 0.153 e. The molecule has 0 radical (unpaired) electrons. The van der Waals surface area contributed by atoms with Crippen molar-refractivity contribution in [1.82, 2.24) is 15.3 Å². The van der Waals surface area contributed by atoms with Crippen LogP contribution in [0.25, 0.3) is 0 Å². The van der Waals surface area contributed by atoms with E-state index < -0.39 is 9.84 Å². The van der Waals surface area contributed by atoms with Crippen molar-refractivity contribution >= 4 is 27.2 Å². The summed E-state index contributed by atoms with van der Waals surface area (Å²) in [4.78, 5) is 11.0. The molecule has 1 atom stereocenters. The van der Waals surface area contributed by atoms with Crippen molar-refractivity contribution < 1.29 is 13.2 Å². The van der Waals surface area contributed by atoms with Crippen LogP contribution in [0.2, 0.25) is 0 Å². The number of ether oxygens (including phenoxy) is 1. The van der Waals surface area contributed by atoms with E-state index >= 15 is 0 Å². The van der Waals surface area contributed by atoms with Gasteiger partial charge in [-0.3, -0.25) is 0 Å². The summed E-state index contributed by atoms with van der Waals surface area (Å²) in [7, 11) is -2.96. The number of nitrogens with zero attached hydrogens (tertiary/aromatic N) is 3. The Balaban J connectivity index is 1.53. The van der Waals surface area contributed by atoms with Gasteiger partial charge in [-0.15, -0.1) is 0 Å². The lowest BCUT2D eigenvalue weighted by molar-refractivity contribution is 0.229. The fourth-order valence-corrected chi connectivity index (χ4v) is 5.41. The van der Waals surface area contributed by atoms with Crippen LogP contribution in [0.1, 0.15) is 35.6 Å². The minimum absolute atomic E-state index is 0.145. The Kier molecular flexibility index (Phi) is 4.40. The predicted octanol–water partition coefficient (Wildman–Crippen LogP) is 1.90. The van der Waals surface area contributed by atoms with Gasteiger partial charge in [-0.2, -0.15) is 0 Å². The van der Waals surface area contributed by atoms with Crippen LogP contribution in [-0.2, 0) is 9.84 Å². The first-order valence-corrected chi connectivity index (χ1v) is 11.8. The quantitative estimate of drug-likeness (QED) is 0.768. The molecule has 0 saturated carbocycles. The topological polar surface area (TPSA) is 96.4 Å². The number of nitrogens with one attached hydrogen (secondary N) is 2. The molecule has 8 nitrogen and oxygen atoms in total. The van der Waals surface area contributed by atoms with Gasteiger partial charge < -0.3 is 20.3 Å². The lowest BCUT2D eigenvalue weighted by atomic mass is 9.92. The molecular formula is C20H25N5O3S. The molecule has 0 spiro atoms. The summed E-state index contributed by atoms with van der Waals surface area (Å²) in [5.41, 5.74) is 4.18. The summed E-state index contributed by atoms with van der Waals surface area (Å²) < 4.78 is 30.0. The van der Waals surface area contributed by atoms with Crippen molar-refractivity contribution in [2.75, 3.05) is 47.9 Å². The molecule has 154 valence electrons. The van der Waals surface area contributed by atoms with Gasteiger partial charge in [0.25, 0.3) is 0 Å². The molecule has 2 N–H and O–H groups in total. The Hall–Kier alpha value is -2.39. The van der Waals surface area contributed by atoms with Crippen molar-refractivity contribution in [3.05, 3.63) is 35.2 Å². The van der Waals surface area contributed by atoms with Crippen LogP contribution in [0.15, 0.2) is 18.5 Å². The number of aromatic nitrogens is 2. The van der Waals surface area contributed by atoms with Gasteiger partial charge in [0.1, 0.15) is 29.8 Å². The second-order valence-electron chi connectivity index (χ2n) is 8.05. The van der Waals surface area contributed by atoms with Gasteiger partial charge in [0.05, 0.1) is 22.8 Å². The van der Waals surface area contributed by atoms with E-state index in [0.717, 1.165) is 47.3 Å². The number of sulfone groups is 1. The molecule has 2 fully saturated rings. The van der Waals surface area contributed by atoms with Crippen LogP contribution < -0.4 is 20.3 Å². The Morgan fingerprint density at radius 2 is 1.93 bits per heavy atom. The lowest BCUT2D eigenvalue weighted by Gasteiger charge is -2.30. The average Bonchev–Trinajstić information content (AvgIpc) is 2.77. The number of benzene rings is 1. The van der Waals surface area contributed by atoms with Crippen LogP contribution in [0, 0.1) is 6.92 Å². The molecule has 3 aliphatic heterocycles. The number of fused-ring (bicyclic) bond motifs is 2. The molecule has 0 bridgehead atoms. The SMILES string of the molecule is Cc1cc(C2CNC2)cc2c1O[C@@H](C)c1c(ncnc1N1CCS(=O)(=O)CC1)N2. The van der Waals surface area contributed by atoms with E-state index in [4.69, 9.17) is 4.74 Å². The third-order valence-electron chi connectivity index (χ3n) is 6.01. The van der Waals surface area contributed by atoms with Gasteiger partial charge in [0.15, 0.2) is 9.84 Å². The molecule has 0 amide bonds. The van der Waals surface area contributed by atoms with Crippen LogP contribution in [0.3, 0.4) is 0 Å². The maximum atomic E-state index is 11.8. The van der Waals surface area contributed by atoms with Crippen molar-refractivity contribution in [2.24, 2.45) is 0 Å². The summed E-state index contributed by atoms with van der Waals surface area (Å²) in [6, 6.07) is 4.36. The van der Waals surface area contributed by atoms with Gasteiger partial charge in [-0.25, -0.2) is 18.4 Å². The van der Waals surface area contributed by atoms with E-state index in [1.807, 2.05) is 11.8 Å². The van der Waals surface area contributed by atoms with Crippen LogP contribution >= 0.6 is 0 Å². The van der Waals surface area contributed by atoms with Gasteiger partial charge in [-0.1, -0.05) is 6.07 Å². The first-order valence-electron chi connectivity index (χ1n) is 10.0. The highest BCUT2D eigenvalue weighted by molar-refractivity contribution is 7.91. The minimum atomic E-state index is -2.96. The molecule has 5 rings (SSSR count). The largest absolute Gasteiger partial charge is 0.483 e. The monoisotopic (exact) mass is 415 g/mol. The van der Waals surface area contributed by atoms with E-state index in [9.17, 15) is 8.42 Å². The highest BCUT2D eigenvalue weighted by Gasteiger charge is 2.31. The summed E-state index contributed by atoms with van der Waals surface area (Å²) in [6.45, 7) is 6.92. The second-order valence-corrected chi connectivity index (χ2v) is 10.4. The minimum Gasteiger partial charge on any atom is -0.483 e. The number of hydrogen-bond acceptors (Lipinski definition) is 8. The van der Waals surface area contributed by atoms with Crippen molar-refractivity contribution in [2.45, 2.75) is 25.9 Å². The normalized spacial score (nSPS) is 23.1. The third kappa shape index (κ3) is 3.32. The standard InChI is InChI=1S/C20H25N5O3S/c1-12-7-14(15-9-21-10-15)8-16-18(12)28-13(2)17-19(24-16)22-11-23-20(17)25-3-5-29(26,27)6-4-25/h7-8,11,13,15,21H,3-6,9-10H2,1-2H3,(H,22,23,24)/t13-/m0/s1. The first kappa shape index (κ1) is 18.6. The average molecular weight is 416 g/mol. The molecule has 3 aliphatic rings. The van der Waals surface area contributed by atoms with E-state index in [0.29, 0.717) is 19.0 Å². The summed E-state index contributed by atoms with van der Waals surface area (Å²) in [5, 5.41) is 6.80. The highest BCUT2D eigenvalue weighted by atomic mass is 32.2. The molecule has 29 heavy (non-hydrogen) atoms. The van der Waals surface area contributed by atoms with Crippen molar-refractivity contribution in [3.8, 4) is 5.75 Å². The maximum Gasteiger partial charge on any atom is 0.153 e. The van der Waals surface area contributed by atoms with Gasteiger partial charge in [-0.05, 0) is 31.0 Å². The van der Waals surface area contributed by atoms with Crippen LogP contribution in [0.5, 0.6) is 5.75 Å². The Morgan fingerprint density at radius 1 is 1.17 bits per heavy atom. The molecule has 4 heterocycles. The van der Waals surface area contributed by atoms with Gasteiger partial charge >= 0.3 is 0 Å². The second kappa shape index (κ2) is 6.84. The number of aryl methyl sites for hydroxylation is 1. The fraction of sp³-hybridized carbons (Fsp3) is 0.500. The summed E-state index contributed by atoms with van der Waals surface area (Å²) in [6.07, 6.45) is 1.28. The Bertz CT molecular complexity index is 1050. The van der Waals surface area contributed by atoms with E-state index in [2.05, 4.69) is 39.7 Å². The number of rotatable bonds is 2. The van der Waals surface area contributed by atoms with Crippen LogP contribution in [0.4, 0.5) is 17.3 Å². The predicted molar refractivity (Wildman–Crippen MR) is 112 cm³/mol. The van der Waals surface area contributed by atoms with Gasteiger partial charge in [0.2, 0.25) is 0 Å². The zero-order valence-electron chi connectivity index (χ0n) is 16.6. The molecule has 1 aromatic heterocycles. The molecule has 0 aliphatic carbocycles. The fourth-order valence-electron chi connectivity index (χ4n) is 4.21. The zero-order valence-corrected chi connectivity index (χ0v) is 17.4. The molecule has 9 heteroatoms. The number of anilines is 3. The highest BCUT2D eigenvalue weighted by Crippen LogP contribution is 2.44. The van der Waals surface area contributed by atoms with Crippen molar-refractivity contribution in [3.63, 3.8) is 0 Å². The van der Waals surface area contributed by atoms with Crippen molar-refractivity contribution in [1.29, 1.82) is 0 Å². The molecule has 2 aromatic rings. The summed E-state index contributed by atoms with van der Waals surface area (Å²) in [5.74, 6) is 3.12. The number of hydrogen-bond donors (Lipinski definition) is 2. The molecular weight excluding hydrogens is 390 g/mol. The van der Waals surface area contributed by atoms with E-state index in [1.54, 1.807) is 0 Å². The molecule has 1 aromatic carbocycles. The van der Waals surface area contributed by atoms with E-state index in [-0.39, 0.29) is 17.6 Å². The zero-order chi connectivity index (χ0) is 20.2. The first-order chi connectivity index (χ1) is 13.9. The maximum absolute atomic E-state index is 11.8. The summed E-state index contributed by atoms with van der Waals surface area (Å²) >= 11 is 0. The Morgan fingerprint density at radius 3 is 2.62 bits per heavy atom.